The third-order valence-electron chi connectivity index (χ3n) is 6.52. The minimum absolute atomic E-state index is 0.106. The number of fused-ring (bicyclic) bond motifs is 4. The lowest BCUT2D eigenvalue weighted by Crippen LogP contribution is -2.14. The van der Waals surface area contributed by atoms with Crippen molar-refractivity contribution in [2.24, 2.45) is 7.05 Å². The maximum atomic E-state index is 13.3. The van der Waals surface area contributed by atoms with Gasteiger partial charge in [0.1, 0.15) is 17.1 Å². The second-order valence-corrected chi connectivity index (χ2v) is 8.45. The summed E-state index contributed by atoms with van der Waals surface area (Å²) in [7, 11) is 3.56. The molecule has 2 heterocycles. The molecule has 0 N–H and O–H groups in total. The molecule has 2 aromatic heterocycles. The van der Waals surface area contributed by atoms with Crippen molar-refractivity contribution in [3.63, 3.8) is 0 Å². The number of hydrogen-bond acceptors (Lipinski definition) is 5. The lowest BCUT2D eigenvalue weighted by atomic mass is 10.0. The second kappa shape index (κ2) is 7.55. The number of aromatic nitrogens is 1. The van der Waals surface area contributed by atoms with E-state index in [1.54, 1.807) is 7.11 Å². The van der Waals surface area contributed by atoms with E-state index in [1.165, 1.54) is 0 Å². The highest BCUT2D eigenvalue weighted by Gasteiger charge is 2.24. The van der Waals surface area contributed by atoms with E-state index in [0.717, 1.165) is 57.9 Å². The number of Topliss-reactive ketones (excluding diaryl/α,β-unsaturated/α-hetero) is 1. The molecule has 0 atom stereocenters. The largest absolute Gasteiger partial charge is 0.497 e. The molecule has 1 aliphatic carbocycles. The number of carbonyl (C=O) groups is 1. The van der Waals surface area contributed by atoms with Crippen molar-refractivity contribution in [1.82, 2.24) is 4.57 Å². The SMILES string of the molecule is COc1ccc2c(c1)c(C(=O)COc1cc(C)cc3oc(=O)c4c(c13)CCC4)c(C)n2C. The highest BCUT2D eigenvalue weighted by Crippen LogP contribution is 2.35. The van der Waals surface area contributed by atoms with E-state index in [-0.39, 0.29) is 18.0 Å². The van der Waals surface area contributed by atoms with Gasteiger partial charge in [-0.05, 0) is 74.6 Å². The van der Waals surface area contributed by atoms with E-state index in [2.05, 4.69) is 0 Å². The van der Waals surface area contributed by atoms with Crippen LogP contribution in [0.5, 0.6) is 11.5 Å². The van der Waals surface area contributed by atoms with Crippen LogP contribution in [0.15, 0.2) is 39.5 Å². The fraction of sp³-hybridized carbons (Fsp3) is 0.308. The van der Waals surface area contributed by atoms with Crippen molar-refractivity contribution in [2.45, 2.75) is 33.1 Å². The summed E-state index contributed by atoms with van der Waals surface area (Å²) in [6.07, 6.45) is 2.45. The Morgan fingerprint density at radius 1 is 1.12 bits per heavy atom. The Balaban J connectivity index is 1.55. The van der Waals surface area contributed by atoms with Gasteiger partial charge in [0.25, 0.3) is 0 Å². The number of ketones is 1. The van der Waals surface area contributed by atoms with Gasteiger partial charge in [-0.25, -0.2) is 4.79 Å². The molecule has 1 aliphatic rings. The molecule has 0 radical (unpaired) electrons. The fourth-order valence-corrected chi connectivity index (χ4v) is 4.86. The second-order valence-electron chi connectivity index (χ2n) is 8.45. The van der Waals surface area contributed by atoms with Crippen LogP contribution < -0.4 is 15.1 Å². The number of carbonyl (C=O) groups excluding carboxylic acids is 1. The predicted molar refractivity (Wildman–Crippen MR) is 123 cm³/mol. The first-order valence-electron chi connectivity index (χ1n) is 10.8. The third kappa shape index (κ3) is 3.09. The van der Waals surface area contributed by atoms with E-state index in [9.17, 15) is 9.59 Å². The Bertz CT molecular complexity index is 1460. The monoisotopic (exact) mass is 431 g/mol. The lowest BCUT2D eigenvalue weighted by Gasteiger charge is -2.13. The van der Waals surface area contributed by atoms with Gasteiger partial charge in [0.2, 0.25) is 5.78 Å². The van der Waals surface area contributed by atoms with Crippen molar-refractivity contribution < 1.29 is 18.7 Å². The Hall–Kier alpha value is -3.54. The minimum Gasteiger partial charge on any atom is -0.497 e. The van der Waals surface area contributed by atoms with Gasteiger partial charge in [0, 0.05) is 34.8 Å². The molecule has 32 heavy (non-hydrogen) atoms. The molecule has 0 bridgehead atoms. The van der Waals surface area contributed by atoms with Crippen LogP contribution in [-0.4, -0.2) is 24.1 Å². The fourth-order valence-electron chi connectivity index (χ4n) is 4.86. The first-order valence-corrected chi connectivity index (χ1v) is 10.8. The van der Waals surface area contributed by atoms with E-state index in [1.807, 2.05) is 55.8 Å². The Labute approximate surface area is 185 Å². The zero-order valence-corrected chi connectivity index (χ0v) is 18.7. The van der Waals surface area contributed by atoms with Crippen molar-refractivity contribution in [1.29, 1.82) is 0 Å². The summed E-state index contributed by atoms with van der Waals surface area (Å²) in [5.41, 5.74) is 5.36. The number of nitrogens with zero attached hydrogens (tertiary/aromatic N) is 1. The summed E-state index contributed by atoms with van der Waals surface area (Å²) < 4.78 is 19.1. The molecule has 0 fully saturated rings. The number of ether oxygens (including phenoxy) is 2. The summed E-state index contributed by atoms with van der Waals surface area (Å²) in [6, 6.07) is 9.50. The first-order chi connectivity index (χ1) is 15.4. The van der Waals surface area contributed by atoms with E-state index < -0.39 is 0 Å². The predicted octanol–water partition coefficient (Wildman–Crippen LogP) is 4.66. The molecule has 5 rings (SSSR count). The standard InChI is InChI=1S/C26H25NO5/c1-14-10-22(25-17-6-5-7-18(17)26(29)32-23(25)11-14)31-13-21(28)24-15(2)27(3)20-9-8-16(30-4)12-19(20)24/h8-12H,5-7,13H2,1-4H3. The van der Waals surface area contributed by atoms with Gasteiger partial charge in [-0.1, -0.05) is 0 Å². The first kappa shape index (κ1) is 20.4. The zero-order chi connectivity index (χ0) is 22.6. The summed E-state index contributed by atoms with van der Waals surface area (Å²) in [4.78, 5) is 25.7. The smallest absolute Gasteiger partial charge is 0.339 e. The molecule has 6 nitrogen and oxygen atoms in total. The molecule has 0 spiro atoms. The van der Waals surface area contributed by atoms with Gasteiger partial charge in [-0.2, -0.15) is 0 Å². The number of rotatable bonds is 5. The maximum absolute atomic E-state index is 13.3. The minimum atomic E-state index is -0.266. The van der Waals surface area contributed by atoms with Crippen molar-refractivity contribution in [3.8, 4) is 11.5 Å². The number of aryl methyl sites for hydroxylation is 3. The molecule has 4 aromatic rings. The van der Waals surface area contributed by atoms with Crippen LogP contribution >= 0.6 is 0 Å². The molecule has 0 saturated heterocycles. The van der Waals surface area contributed by atoms with Crippen LogP contribution in [0.4, 0.5) is 0 Å². The summed E-state index contributed by atoms with van der Waals surface area (Å²) >= 11 is 0. The van der Waals surface area contributed by atoms with Crippen molar-refractivity contribution >= 4 is 27.7 Å². The highest BCUT2D eigenvalue weighted by atomic mass is 16.5. The van der Waals surface area contributed by atoms with Crippen LogP contribution in [0.2, 0.25) is 0 Å². The lowest BCUT2D eigenvalue weighted by molar-refractivity contribution is 0.0923. The van der Waals surface area contributed by atoms with Crippen LogP contribution in [0.3, 0.4) is 0 Å². The Morgan fingerprint density at radius 2 is 1.91 bits per heavy atom. The van der Waals surface area contributed by atoms with Gasteiger partial charge in [-0.15, -0.1) is 0 Å². The van der Waals surface area contributed by atoms with E-state index in [4.69, 9.17) is 13.9 Å². The summed E-state index contributed by atoms with van der Waals surface area (Å²) in [5.74, 6) is 1.18. The molecular formula is C26H25NO5. The average molecular weight is 431 g/mol. The van der Waals surface area contributed by atoms with Gasteiger partial charge in [0.15, 0.2) is 6.61 Å². The van der Waals surface area contributed by atoms with Crippen molar-refractivity contribution in [2.75, 3.05) is 13.7 Å². The third-order valence-corrected chi connectivity index (χ3v) is 6.52. The topological polar surface area (TPSA) is 70.7 Å². The zero-order valence-electron chi connectivity index (χ0n) is 18.7. The number of methoxy groups -OCH3 is 1. The van der Waals surface area contributed by atoms with Gasteiger partial charge >= 0.3 is 5.63 Å². The van der Waals surface area contributed by atoms with Crippen LogP contribution in [-0.2, 0) is 19.9 Å². The molecular weight excluding hydrogens is 406 g/mol. The maximum Gasteiger partial charge on any atom is 0.339 e. The van der Waals surface area contributed by atoms with Gasteiger partial charge < -0.3 is 18.5 Å². The highest BCUT2D eigenvalue weighted by molar-refractivity contribution is 6.10. The Morgan fingerprint density at radius 3 is 2.69 bits per heavy atom. The average Bonchev–Trinajstić information content (AvgIpc) is 3.35. The van der Waals surface area contributed by atoms with E-state index >= 15 is 0 Å². The van der Waals surface area contributed by atoms with Crippen molar-refractivity contribution in [3.05, 3.63) is 68.7 Å². The molecule has 164 valence electrons. The normalized spacial score (nSPS) is 13.0. The van der Waals surface area contributed by atoms with E-state index in [0.29, 0.717) is 22.6 Å². The summed E-state index contributed by atoms with van der Waals surface area (Å²) in [5, 5.41) is 1.66. The quantitative estimate of drug-likeness (QED) is 0.340. The molecule has 6 heteroatoms. The van der Waals surface area contributed by atoms with Crippen LogP contribution in [0.1, 0.15) is 39.2 Å². The molecule has 2 aromatic carbocycles. The summed E-state index contributed by atoms with van der Waals surface area (Å²) in [6.45, 7) is 3.75. The number of hydrogen-bond donors (Lipinski definition) is 0. The molecule has 0 saturated carbocycles. The molecule has 0 aliphatic heterocycles. The van der Waals surface area contributed by atoms with Gasteiger partial charge in [-0.3, -0.25) is 4.79 Å². The van der Waals surface area contributed by atoms with Gasteiger partial charge in [0.05, 0.1) is 12.5 Å². The van der Waals surface area contributed by atoms with Crippen LogP contribution in [0, 0.1) is 13.8 Å². The Kier molecular flexibility index (Phi) is 4.81. The number of benzene rings is 2. The molecule has 0 amide bonds. The molecule has 0 unspecified atom stereocenters. The van der Waals surface area contributed by atoms with Crippen LogP contribution in [0.25, 0.3) is 21.9 Å².